The number of benzene rings is 3. The van der Waals surface area contributed by atoms with Crippen LogP contribution in [0.4, 0.5) is 5.69 Å². The number of rotatable bonds is 8. The van der Waals surface area contributed by atoms with Gasteiger partial charge in [-0.1, -0.05) is 37.6 Å². The average Bonchev–Trinajstić information content (AvgIpc) is 2.76. The van der Waals surface area contributed by atoms with Gasteiger partial charge >= 0.3 is 0 Å². The number of carbonyl (C=O) groups excluding carboxylic acids is 1. The SMILES string of the molecule is CCCCOc1cccc(C(=O)NC(=S)Nc2ccc(Oc3ccccc3)cc2)c1. The number of amides is 1. The molecule has 0 heterocycles. The molecule has 0 atom stereocenters. The highest BCUT2D eigenvalue weighted by molar-refractivity contribution is 7.80. The summed E-state index contributed by atoms with van der Waals surface area (Å²) in [5.41, 5.74) is 1.23. The van der Waals surface area contributed by atoms with E-state index in [-0.39, 0.29) is 11.0 Å². The Kier molecular flexibility index (Phi) is 7.80. The second-order valence-corrected chi connectivity index (χ2v) is 6.99. The Hall–Kier alpha value is -3.38. The van der Waals surface area contributed by atoms with Crippen molar-refractivity contribution in [1.82, 2.24) is 5.32 Å². The Morgan fingerprint density at radius 3 is 2.33 bits per heavy atom. The van der Waals surface area contributed by atoms with Crippen LogP contribution in [0.3, 0.4) is 0 Å². The Labute approximate surface area is 182 Å². The summed E-state index contributed by atoms with van der Waals surface area (Å²) in [6, 6.07) is 23.9. The Bertz CT molecular complexity index is 975. The molecule has 154 valence electrons. The number of ether oxygens (including phenoxy) is 2. The van der Waals surface area contributed by atoms with Crippen molar-refractivity contribution in [3.05, 3.63) is 84.4 Å². The molecule has 0 saturated heterocycles. The molecule has 2 N–H and O–H groups in total. The number of anilines is 1. The van der Waals surface area contributed by atoms with Crippen LogP contribution in [-0.4, -0.2) is 17.6 Å². The summed E-state index contributed by atoms with van der Waals surface area (Å²) in [4.78, 5) is 12.5. The Morgan fingerprint density at radius 2 is 1.60 bits per heavy atom. The normalized spacial score (nSPS) is 10.2. The molecule has 0 aliphatic carbocycles. The van der Waals surface area contributed by atoms with E-state index >= 15 is 0 Å². The molecule has 0 aliphatic heterocycles. The third-order valence-electron chi connectivity index (χ3n) is 4.18. The molecule has 3 aromatic carbocycles. The van der Waals surface area contributed by atoms with Gasteiger partial charge in [-0.3, -0.25) is 10.1 Å². The Balaban J connectivity index is 1.52. The molecule has 0 saturated carbocycles. The first-order valence-electron chi connectivity index (χ1n) is 9.82. The van der Waals surface area contributed by atoms with Crippen molar-refractivity contribution in [1.29, 1.82) is 0 Å². The largest absolute Gasteiger partial charge is 0.494 e. The smallest absolute Gasteiger partial charge is 0.257 e. The van der Waals surface area contributed by atoms with E-state index in [0.29, 0.717) is 23.7 Å². The maximum atomic E-state index is 12.5. The molecule has 0 unspecified atom stereocenters. The number of hydrogen-bond donors (Lipinski definition) is 2. The van der Waals surface area contributed by atoms with Crippen LogP contribution in [0.5, 0.6) is 17.2 Å². The van der Waals surface area contributed by atoms with Gasteiger partial charge in [-0.2, -0.15) is 0 Å². The first kappa shape index (κ1) is 21.3. The summed E-state index contributed by atoms with van der Waals surface area (Å²) in [5, 5.41) is 5.91. The van der Waals surface area contributed by atoms with Crippen molar-refractivity contribution >= 4 is 28.9 Å². The van der Waals surface area contributed by atoms with Gasteiger partial charge in [0.2, 0.25) is 0 Å². The molecule has 0 radical (unpaired) electrons. The maximum Gasteiger partial charge on any atom is 0.257 e. The lowest BCUT2D eigenvalue weighted by atomic mass is 10.2. The van der Waals surface area contributed by atoms with Gasteiger partial charge in [0.25, 0.3) is 5.91 Å². The van der Waals surface area contributed by atoms with E-state index in [1.54, 1.807) is 18.2 Å². The lowest BCUT2D eigenvalue weighted by molar-refractivity contribution is 0.0977. The zero-order chi connectivity index (χ0) is 21.2. The van der Waals surface area contributed by atoms with Gasteiger partial charge in [0.05, 0.1) is 6.61 Å². The van der Waals surface area contributed by atoms with E-state index in [1.807, 2.05) is 60.7 Å². The fraction of sp³-hybridized carbons (Fsp3) is 0.167. The van der Waals surface area contributed by atoms with Crippen molar-refractivity contribution in [3.63, 3.8) is 0 Å². The first-order valence-corrected chi connectivity index (χ1v) is 10.2. The van der Waals surface area contributed by atoms with Crippen LogP contribution in [-0.2, 0) is 0 Å². The monoisotopic (exact) mass is 420 g/mol. The summed E-state index contributed by atoms with van der Waals surface area (Å²) in [6.07, 6.45) is 2.03. The molecule has 0 aromatic heterocycles. The third kappa shape index (κ3) is 6.60. The van der Waals surface area contributed by atoms with Gasteiger partial charge in [0.1, 0.15) is 17.2 Å². The number of para-hydroxylation sites is 1. The van der Waals surface area contributed by atoms with Gasteiger partial charge in [0.15, 0.2) is 5.11 Å². The predicted molar refractivity (Wildman–Crippen MR) is 123 cm³/mol. The zero-order valence-corrected chi connectivity index (χ0v) is 17.6. The van der Waals surface area contributed by atoms with Crippen molar-refractivity contribution in [2.45, 2.75) is 19.8 Å². The van der Waals surface area contributed by atoms with E-state index < -0.39 is 0 Å². The maximum absolute atomic E-state index is 12.5. The van der Waals surface area contributed by atoms with Crippen molar-refractivity contribution in [2.24, 2.45) is 0 Å². The molecule has 0 bridgehead atoms. The molecule has 3 aromatic rings. The minimum atomic E-state index is -0.294. The molecule has 0 aliphatic rings. The van der Waals surface area contributed by atoms with Crippen molar-refractivity contribution in [3.8, 4) is 17.2 Å². The van der Waals surface area contributed by atoms with Crippen LogP contribution in [0.1, 0.15) is 30.1 Å². The fourth-order valence-electron chi connectivity index (χ4n) is 2.63. The predicted octanol–water partition coefficient (Wildman–Crippen LogP) is 5.78. The molecular weight excluding hydrogens is 396 g/mol. The molecule has 0 spiro atoms. The molecule has 1 amide bonds. The highest BCUT2D eigenvalue weighted by atomic mass is 32.1. The number of hydrogen-bond acceptors (Lipinski definition) is 4. The van der Waals surface area contributed by atoms with E-state index in [4.69, 9.17) is 21.7 Å². The van der Waals surface area contributed by atoms with Crippen molar-refractivity contribution < 1.29 is 14.3 Å². The molecule has 3 rings (SSSR count). The van der Waals surface area contributed by atoms with Gasteiger partial charge < -0.3 is 14.8 Å². The highest BCUT2D eigenvalue weighted by Gasteiger charge is 2.09. The van der Waals surface area contributed by atoms with E-state index in [2.05, 4.69) is 17.6 Å². The third-order valence-corrected chi connectivity index (χ3v) is 4.39. The summed E-state index contributed by atoms with van der Waals surface area (Å²) in [5.74, 6) is 1.85. The van der Waals surface area contributed by atoms with Crippen LogP contribution >= 0.6 is 12.2 Å². The van der Waals surface area contributed by atoms with Gasteiger partial charge in [-0.15, -0.1) is 0 Å². The molecule has 0 fully saturated rings. The topological polar surface area (TPSA) is 59.6 Å². The molecule has 5 nitrogen and oxygen atoms in total. The summed E-state index contributed by atoms with van der Waals surface area (Å²) >= 11 is 5.26. The number of carbonyl (C=O) groups is 1. The van der Waals surface area contributed by atoms with Gasteiger partial charge in [0, 0.05) is 11.3 Å². The zero-order valence-electron chi connectivity index (χ0n) is 16.8. The number of unbranched alkanes of at least 4 members (excludes halogenated alkanes) is 1. The highest BCUT2D eigenvalue weighted by Crippen LogP contribution is 2.22. The average molecular weight is 421 g/mol. The minimum Gasteiger partial charge on any atom is -0.494 e. The van der Waals surface area contributed by atoms with Crippen LogP contribution in [0.25, 0.3) is 0 Å². The summed E-state index contributed by atoms with van der Waals surface area (Å²) in [6.45, 7) is 2.73. The molecular formula is C24H24N2O3S. The van der Waals surface area contributed by atoms with Gasteiger partial charge in [-0.05, 0) is 73.2 Å². The standard InChI is InChI=1S/C24H24N2O3S/c1-2-3-16-28-22-11-7-8-18(17-22)23(27)26-24(30)25-19-12-14-21(15-13-19)29-20-9-5-4-6-10-20/h4-15,17H,2-3,16H2,1H3,(H2,25,26,27,30). The van der Waals surface area contributed by atoms with E-state index in [9.17, 15) is 4.79 Å². The van der Waals surface area contributed by atoms with Crippen LogP contribution in [0, 0.1) is 0 Å². The second-order valence-electron chi connectivity index (χ2n) is 6.58. The quantitative estimate of drug-likeness (QED) is 0.357. The van der Waals surface area contributed by atoms with Gasteiger partial charge in [-0.25, -0.2) is 0 Å². The second kappa shape index (κ2) is 11.0. The fourth-order valence-corrected chi connectivity index (χ4v) is 2.84. The minimum absolute atomic E-state index is 0.217. The van der Waals surface area contributed by atoms with Crippen molar-refractivity contribution in [2.75, 3.05) is 11.9 Å². The van der Waals surface area contributed by atoms with Crippen LogP contribution in [0.2, 0.25) is 0 Å². The molecule has 30 heavy (non-hydrogen) atoms. The van der Waals surface area contributed by atoms with E-state index in [1.165, 1.54) is 0 Å². The summed E-state index contributed by atoms with van der Waals surface area (Å²) < 4.78 is 11.4. The van der Waals surface area contributed by atoms with E-state index in [0.717, 1.165) is 24.3 Å². The molecule has 6 heteroatoms. The first-order chi connectivity index (χ1) is 14.6. The van der Waals surface area contributed by atoms with Crippen LogP contribution < -0.4 is 20.1 Å². The lowest BCUT2D eigenvalue weighted by Gasteiger charge is -2.11. The number of thiocarbonyl (C=S) groups is 1. The lowest BCUT2D eigenvalue weighted by Crippen LogP contribution is -2.34. The summed E-state index contributed by atoms with van der Waals surface area (Å²) in [7, 11) is 0. The van der Waals surface area contributed by atoms with Crippen LogP contribution in [0.15, 0.2) is 78.9 Å². The number of nitrogens with one attached hydrogen (secondary N) is 2. The Morgan fingerprint density at radius 1 is 0.900 bits per heavy atom.